The molecule has 246 valence electrons. The minimum atomic E-state index is -1.61. The van der Waals surface area contributed by atoms with E-state index in [1.165, 1.54) is 11.8 Å². The number of aliphatic hydroxyl groups is 1. The van der Waals surface area contributed by atoms with Gasteiger partial charge in [0.25, 0.3) is 0 Å². The van der Waals surface area contributed by atoms with Crippen molar-refractivity contribution in [2.24, 2.45) is 34.0 Å². The van der Waals surface area contributed by atoms with Gasteiger partial charge in [0, 0.05) is 33.8 Å². The maximum absolute atomic E-state index is 13.6. The largest absolute Gasteiger partial charge is 0.488 e. The zero-order valence-electron chi connectivity index (χ0n) is 27.2. The third-order valence-electron chi connectivity index (χ3n) is 11.7. The Morgan fingerprint density at radius 2 is 1.87 bits per heavy atom. The van der Waals surface area contributed by atoms with Crippen molar-refractivity contribution in [2.75, 3.05) is 11.1 Å². The maximum Gasteiger partial charge on any atom is 0.488 e. The molecule has 0 aromatic heterocycles. The molecule has 2 aromatic rings. The minimum absolute atomic E-state index is 0.0438. The van der Waals surface area contributed by atoms with Crippen LogP contribution >= 0.6 is 11.8 Å². The van der Waals surface area contributed by atoms with Crippen LogP contribution in [0.25, 0.3) is 0 Å². The number of ether oxygens (including phenoxy) is 1. The van der Waals surface area contributed by atoms with Gasteiger partial charge in [-0.2, -0.15) is 0 Å². The van der Waals surface area contributed by atoms with E-state index in [1.807, 2.05) is 13.0 Å². The van der Waals surface area contributed by atoms with Gasteiger partial charge in [-0.3, -0.25) is 14.4 Å². The van der Waals surface area contributed by atoms with Gasteiger partial charge in [0.05, 0.1) is 18.3 Å². The minimum Gasteiger partial charge on any atom is -0.461 e. The Kier molecular flexibility index (Phi) is 9.95. The molecule has 0 heterocycles. The molecule has 8 nitrogen and oxygen atoms in total. The van der Waals surface area contributed by atoms with E-state index < -0.39 is 30.2 Å². The first kappa shape index (κ1) is 34.4. The molecule has 3 saturated carbocycles. The molecule has 0 unspecified atom stereocenters. The van der Waals surface area contributed by atoms with Crippen LogP contribution in [0.5, 0.6) is 0 Å². The molecule has 3 aliphatic carbocycles. The Bertz CT molecular complexity index is 1500. The molecule has 3 aliphatic rings. The van der Waals surface area contributed by atoms with E-state index in [9.17, 15) is 29.5 Å². The van der Waals surface area contributed by atoms with Crippen molar-refractivity contribution in [2.45, 2.75) is 83.3 Å². The number of rotatable bonds is 9. The molecular weight excluding hydrogens is 601 g/mol. The van der Waals surface area contributed by atoms with Crippen molar-refractivity contribution in [3.05, 3.63) is 66.7 Å². The van der Waals surface area contributed by atoms with Crippen LogP contribution in [0.1, 0.15) is 65.4 Å². The monoisotopic (exact) mass is 647 g/mol. The van der Waals surface area contributed by atoms with Crippen LogP contribution < -0.4 is 10.8 Å². The van der Waals surface area contributed by atoms with Crippen molar-refractivity contribution < 1.29 is 34.3 Å². The Morgan fingerprint density at radius 3 is 2.59 bits per heavy atom. The predicted molar refractivity (Wildman–Crippen MR) is 180 cm³/mol. The van der Waals surface area contributed by atoms with Gasteiger partial charge >= 0.3 is 13.1 Å². The van der Waals surface area contributed by atoms with Gasteiger partial charge < -0.3 is 25.2 Å². The van der Waals surface area contributed by atoms with Gasteiger partial charge in [-0.1, -0.05) is 64.1 Å². The summed E-state index contributed by atoms with van der Waals surface area (Å²) in [4.78, 5) is 40.6. The van der Waals surface area contributed by atoms with E-state index in [0.717, 1.165) is 24.2 Å². The molecule has 2 aromatic carbocycles. The standard InChI is InChI=1S/C36H46BNO7S/c1-6-34(4)20-29(35(5)22(2)13-15-36(23(3)33(34)42)16-14-28(39)32(35)36)45-31(41)21-46-27-12-8-11-26(19-27)38-30(40)18-24-9-7-10-25(17-24)37(43)44/h6-12,17,19,22-23,29,32-33,42-44H,1,13-16,18,20-21H2,2-5H3,(H,38,40)/t22-,23+,29-,32+,33+,34-,35+,36+/m1/s1. The normalized spacial score (nSPS) is 33.7. The smallest absolute Gasteiger partial charge is 0.461 e. The number of benzene rings is 2. The van der Waals surface area contributed by atoms with E-state index >= 15 is 0 Å². The highest BCUT2D eigenvalue weighted by Crippen LogP contribution is 2.68. The number of aliphatic hydroxyl groups excluding tert-OH is 1. The fourth-order valence-corrected chi connectivity index (χ4v) is 9.49. The summed E-state index contributed by atoms with van der Waals surface area (Å²) in [6, 6.07) is 13.8. The number of hydrogen-bond acceptors (Lipinski definition) is 8. The van der Waals surface area contributed by atoms with Crippen LogP contribution in [0.2, 0.25) is 0 Å². The van der Waals surface area contributed by atoms with Crippen molar-refractivity contribution >= 4 is 47.7 Å². The molecule has 2 bridgehead atoms. The number of ketones is 1. The van der Waals surface area contributed by atoms with Crippen molar-refractivity contribution in [1.29, 1.82) is 0 Å². The fraction of sp³-hybridized carbons (Fsp3) is 0.528. The number of nitrogens with one attached hydrogen (secondary N) is 1. The lowest BCUT2D eigenvalue weighted by atomic mass is 9.44. The van der Waals surface area contributed by atoms with Crippen LogP contribution in [0, 0.1) is 34.0 Å². The van der Waals surface area contributed by atoms with Crippen LogP contribution in [0.3, 0.4) is 0 Å². The predicted octanol–water partition coefficient (Wildman–Crippen LogP) is 4.55. The number of thioether (sulfide) groups is 1. The van der Waals surface area contributed by atoms with E-state index in [2.05, 4.69) is 32.7 Å². The first-order valence-electron chi connectivity index (χ1n) is 16.2. The summed E-state index contributed by atoms with van der Waals surface area (Å²) in [5.74, 6) is -0.580. The average molecular weight is 648 g/mol. The highest BCUT2D eigenvalue weighted by atomic mass is 32.2. The maximum atomic E-state index is 13.6. The number of anilines is 1. The summed E-state index contributed by atoms with van der Waals surface area (Å²) < 4.78 is 6.35. The van der Waals surface area contributed by atoms with E-state index in [4.69, 9.17) is 4.74 Å². The van der Waals surface area contributed by atoms with Gasteiger partial charge in [0.1, 0.15) is 11.9 Å². The molecule has 8 atom stereocenters. The molecule has 10 heteroatoms. The molecule has 0 aliphatic heterocycles. The fourth-order valence-electron chi connectivity index (χ4n) is 8.75. The Hall–Kier alpha value is -2.92. The second kappa shape index (κ2) is 13.3. The molecule has 0 saturated heterocycles. The van der Waals surface area contributed by atoms with Gasteiger partial charge in [-0.25, -0.2) is 0 Å². The Morgan fingerprint density at radius 1 is 1.13 bits per heavy atom. The zero-order valence-corrected chi connectivity index (χ0v) is 28.0. The molecule has 46 heavy (non-hydrogen) atoms. The lowest BCUT2D eigenvalue weighted by Gasteiger charge is -2.61. The topological polar surface area (TPSA) is 133 Å². The van der Waals surface area contributed by atoms with Crippen molar-refractivity contribution in [1.82, 2.24) is 0 Å². The molecular formula is C36H46BNO7S. The van der Waals surface area contributed by atoms with Gasteiger partial charge in [0.2, 0.25) is 5.91 Å². The summed E-state index contributed by atoms with van der Waals surface area (Å²) in [5, 5.41) is 33.4. The van der Waals surface area contributed by atoms with E-state index in [1.54, 1.807) is 48.5 Å². The second-order valence-corrected chi connectivity index (χ2v) is 15.3. The zero-order chi connectivity index (χ0) is 33.4. The number of hydrogen-bond donors (Lipinski definition) is 4. The first-order chi connectivity index (χ1) is 21.7. The number of amides is 1. The lowest BCUT2D eigenvalue weighted by molar-refractivity contribution is -0.205. The third kappa shape index (κ3) is 6.33. The molecule has 5 rings (SSSR count). The summed E-state index contributed by atoms with van der Waals surface area (Å²) >= 11 is 1.31. The SMILES string of the molecule is C=C[C@]1(C)C[C@@H](OC(=O)CSc2cccc(NC(=O)Cc3cccc(B(O)O)c3)c2)[C@]2(C)[C@H](C)CC[C@]3(CCC(=O)[C@H]32)[C@@H](C)[C@@H]1O. The van der Waals surface area contributed by atoms with Crippen molar-refractivity contribution in [3.8, 4) is 0 Å². The molecule has 0 spiro atoms. The van der Waals surface area contributed by atoms with E-state index in [0.29, 0.717) is 29.6 Å². The number of esters is 1. The van der Waals surface area contributed by atoms with Gasteiger partial charge in [-0.05, 0) is 72.2 Å². The van der Waals surface area contributed by atoms with Gasteiger partial charge in [0.15, 0.2) is 0 Å². The number of carbonyl (C=O) groups is 3. The lowest BCUT2D eigenvalue weighted by Crippen LogP contribution is -2.63. The van der Waals surface area contributed by atoms with E-state index in [-0.39, 0.29) is 53.0 Å². The Labute approximate surface area is 276 Å². The van der Waals surface area contributed by atoms with Crippen LogP contribution in [-0.2, 0) is 25.5 Å². The van der Waals surface area contributed by atoms with Crippen LogP contribution in [0.4, 0.5) is 5.69 Å². The number of carbonyl (C=O) groups excluding carboxylic acids is 3. The summed E-state index contributed by atoms with van der Waals surface area (Å²) in [5.41, 5.74) is -0.0373. The average Bonchev–Trinajstić information content (AvgIpc) is 3.38. The van der Waals surface area contributed by atoms with Crippen LogP contribution in [0.15, 0.2) is 66.1 Å². The highest BCUT2D eigenvalue weighted by molar-refractivity contribution is 8.00. The van der Waals surface area contributed by atoms with Gasteiger partial charge in [-0.15, -0.1) is 18.3 Å². The number of Topliss-reactive ketones (excluding diaryl/α,β-unsaturated/α-hetero) is 1. The summed E-state index contributed by atoms with van der Waals surface area (Å²) in [6.45, 7) is 12.5. The summed E-state index contributed by atoms with van der Waals surface area (Å²) in [6.07, 6.45) is 4.02. The summed E-state index contributed by atoms with van der Waals surface area (Å²) in [7, 11) is -1.61. The second-order valence-electron chi connectivity index (χ2n) is 14.2. The third-order valence-corrected chi connectivity index (χ3v) is 12.6. The highest BCUT2D eigenvalue weighted by Gasteiger charge is 2.68. The molecule has 1 amide bonds. The first-order valence-corrected chi connectivity index (χ1v) is 17.2. The molecule has 4 N–H and O–H groups in total. The molecule has 3 fully saturated rings. The Balaban J connectivity index is 1.29. The molecule has 0 radical (unpaired) electrons. The van der Waals surface area contributed by atoms with Crippen molar-refractivity contribution in [3.63, 3.8) is 0 Å². The quantitative estimate of drug-likeness (QED) is 0.135. The van der Waals surface area contributed by atoms with Crippen LogP contribution in [-0.4, -0.2) is 57.9 Å².